The fourth-order valence-corrected chi connectivity index (χ4v) is 2.21. The van der Waals surface area contributed by atoms with Crippen molar-refractivity contribution in [2.45, 2.75) is 32.9 Å². The van der Waals surface area contributed by atoms with Gasteiger partial charge in [-0.15, -0.1) is 0 Å². The second-order valence-corrected chi connectivity index (χ2v) is 7.14. The molecule has 0 atom stereocenters. The van der Waals surface area contributed by atoms with Gasteiger partial charge in [0.15, 0.2) is 5.96 Å². The summed E-state index contributed by atoms with van der Waals surface area (Å²) in [5.41, 5.74) is 0.564. The molecule has 1 amide bonds. The van der Waals surface area contributed by atoms with E-state index < -0.39 is 4.92 Å². The average Bonchev–Trinajstić information content (AvgIpc) is 2.56. The van der Waals surface area contributed by atoms with Crippen molar-refractivity contribution in [3.8, 4) is 0 Å². The summed E-state index contributed by atoms with van der Waals surface area (Å²) in [6.45, 7) is 7.29. The number of nitro groups is 1. The highest BCUT2D eigenvalue weighted by molar-refractivity contribution is 5.86. The number of carbonyl (C=O) groups excluding carboxylic acids is 1. The number of likely N-dealkylation sites (N-methyl/N-ethyl adjacent to an activating group) is 1. The van der Waals surface area contributed by atoms with Crippen LogP contribution < -0.4 is 10.6 Å². The summed E-state index contributed by atoms with van der Waals surface area (Å²) >= 11 is 0. The van der Waals surface area contributed by atoms with Crippen LogP contribution in [0.3, 0.4) is 0 Å². The van der Waals surface area contributed by atoms with Crippen molar-refractivity contribution in [2.75, 3.05) is 33.9 Å². The van der Waals surface area contributed by atoms with Gasteiger partial charge in [0, 0.05) is 38.4 Å². The zero-order valence-electron chi connectivity index (χ0n) is 16.6. The highest BCUT2D eigenvalue weighted by atomic mass is 16.6. The topological polar surface area (TPSA) is 109 Å². The van der Waals surface area contributed by atoms with Gasteiger partial charge < -0.3 is 20.3 Å². The van der Waals surface area contributed by atoms with Gasteiger partial charge in [0.2, 0.25) is 5.91 Å². The van der Waals surface area contributed by atoms with Crippen LogP contribution in [0, 0.1) is 10.1 Å². The SMILES string of the molecule is COCCNC(=NCc1ccc([N+](=O)[O-])cc1)N(C)CC(=O)NC(C)(C)C. The first kappa shape index (κ1) is 22.4. The Kier molecular flexibility index (Phi) is 8.67. The predicted molar refractivity (Wildman–Crippen MR) is 105 cm³/mol. The Labute approximate surface area is 159 Å². The summed E-state index contributed by atoms with van der Waals surface area (Å²) in [5, 5.41) is 16.8. The molecule has 1 aromatic rings. The molecule has 9 heteroatoms. The molecule has 27 heavy (non-hydrogen) atoms. The molecule has 150 valence electrons. The molecular weight excluding hydrogens is 350 g/mol. The highest BCUT2D eigenvalue weighted by Gasteiger charge is 2.17. The number of methoxy groups -OCH3 is 1. The lowest BCUT2D eigenvalue weighted by Crippen LogP contribution is -2.49. The smallest absolute Gasteiger partial charge is 0.269 e. The molecule has 9 nitrogen and oxygen atoms in total. The number of nitrogens with one attached hydrogen (secondary N) is 2. The number of benzene rings is 1. The highest BCUT2D eigenvalue weighted by Crippen LogP contribution is 2.12. The summed E-state index contributed by atoms with van der Waals surface area (Å²) in [6.07, 6.45) is 0. The molecule has 0 unspecified atom stereocenters. The molecule has 0 aliphatic heterocycles. The number of aliphatic imine (C=N–C) groups is 1. The normalized spacial score (nSPS) is 11.8. The zero-order valence-corrected chi connectivity index (χ0v) is 16.6. The minimum absolute atomic E-state index is 0.0390. The molecule has 0 saturated heterocycles. The summed E-state index contributed by atoms with van der Waals surface area (Å²) in [5.74, 6) is 0.441. The molecular formula is C18H29N5O4. The van der Waals surface area contributed by atoms with Gasteiger partial charge in [0.25, 0.3) is 5.69 Å². The van der Waals surface area contributed by atoms with Gasteiger partial charge in [-0.25, -0.2) is 4.99 Å². The summed E-state index contributed by atoms with van der Waals surface area (Å²) in [4.78, 5) is 28.7. The maximum absolute atomic E-state index is 12.2. The lowest BCUT2D eigenvalue weighted by molar-refractivity contribution is -0.384. The van der Waals surface area contributed by atoms with E-state index in [1.165, 1.54) is 12.1 Å². The lowest BCUT2D eigenvalue weighted by atomic mass is 10.1. The summed E-state index contributed by atoms with van der Waals surface area (Å²) < 4.78 is 5.04. The lowest BCUT2D eigenvalue weighted by Gasteiger charge is -2.25. The van der Waals surface area contributed by atoms with Gasteiger partial charge in [-0.3, -0.25) is 14.9 Å². The van der Waals surface area contributed by atoms with Gasteiger partial charge in [0.1, 0.15) is 0 Å². The molecule has 2 N–H and O–H groups in total. The van der Waals surface area contributed by atoms with Crippen LogP contribution in [-0.2, 0) is 16.1 Å². The molecule has 0 bridgehead atoms. The quantitative estimate of drug-likeness (QED) is 0.233. The Morgan fingerprint density at radius 3 is 2.44 bits per heavy atom. The molecule has 1 rings (SSSR count). The van der Waals surface area contributed by atoms with Crippen molar-refractivity contribution in [3.63, 3.8) is 0 Å². The van der Waals surface area contributed by atoms with Crippen molar-refractivity contribution in [3.05, 3.63) is 39.9 Å². The van der Waals surface area contributed by atoms with E-state index in [1.807, 2.05) is 20.8 Å². The zero-order chi connectivity index (χ0) is 20.4. The van der Waals surface area contributed by atoms with Gasteiger partial charge in [-0.1, -0.05) is 12.1 Å². The molecule has 1 aromatic carbocycles. The van der Waals surface area contributed by atoms with Crippen LogP contribution >= 0.6 is 0 Å². The van der Waals surface area contributed by atoms with Crippen LogP contribution in [0.25, 0.3) is 0 Å². The summed E-state index contributed by atoms with van der Waals surface area (Å²) in [7, 11) is 3.38. The minimum atomic E-state index is -0.438. The van der Waals surface area contributed by atoms with Crippen molar-refractivity contribution in [1.82, 2.24) is 15.5 Å². The largest absolute Gasteiger partial charge is 0.383 e. The number of hydrogen-bond acceptors (Lipinski definition) is 5. The molecule has 0 aromatic heterocycles. The first-order valence-corrected chi connectivity index (χ1v) is 8.65. The number of nitrogens with zero attached hydrogens (tertiary/aromatic N) is 3. The maximum atomic E-state index is 12.2. The van der Waals surface area contributed by atoms with Gasteiger partial charge in [-0.05, 0) is 26.3 Å². The third-order valence-corrected chi connectivity index (χ3v) is 3.40. The van der Waals surface area contributed by atoms with Crippen LogP contribution in [0.15, 0.2) is 29.3 Å². The maximum Gasteiger partial charge on any atom is 0.269 e. The fraction of sp³-hybridized carbons (Fsp3) is 0.556. The Morgan fingerprint density at radius 2 is 1.93 bits per heavy atom. The Hall–Kier alpha value is -2.68. The number of non-ortho nitro benzene ring substituents is 1. The number of ether oxygens (including phenoxy) is 1. The number of rotatable bonds is 8. The number of nitro benzene ring substituents is 1. The molecule has 0 aliphatic rings. The fourth-order valence-electron chi connectivity index (χ4n) is 2.21. The number of guanidine groups is 1. The number of carbonyl (C=O) groups is 1. The van der Waals surface area contributed by atoms with Gasteiger partial charge in [-0.2, -0.15) is 0 Å². The van der Waals surface area contributed by atoms with Crippen LogP contribution in [0.4, 0.5) is 5.69 Å². The predicted octanol–water partition coefficient (Wildman–Crippen LogP) is 1.53. The van der Waals surface area contributed by atoms with Crippen molar-refractivity contribution in [2.24, 2.45) is 4.99 Å². The molecule has 0 spiro atoms. The third-order valence-electron chi connectivity index (χ3n) is 3.40. The van der Waals surface area contributed by atoms with Gasteiger partial charge >= 0.3 is 0 Å². The summed E-state index contributed by atoms with van der Waals surface area (Å²) in [6, 6.07) is 6.23. The van der Waals surface area contributed by atoms with E-state index in [0.29, 0.717) is 25.7 Å². The van der Waals surface area contributed by atoms with Crippen LogP contribution in [-0.4, -0.2) is 61.1 Å². The number of amides is 1. The third kappa shape index (κ3) is 9.00. The van der Waals surface area contributed by atoms with Crippen LogP contribution in [0.5, 0.6) is 0 Å². The molecule has 0 aliphatic carbocycles. The monoisotopic (exact) mass is 379 g/mol. The molecule has 0 heterocycles. The van der Waals surface area contributed by atoms with E-state index in [1.54, 1.807) is 31.2 Å². The van der Waals surface area contributed by atoms with Crippen molar-refractivity contribution < 1.29 is 14.5 Å². The first-order chi connectivity index (χ1) is 12.6. The van der Waals surface area contributed by atoms with E-state index in [-0.39, 0.29) is 23.7 Å². The van der Waals surface area contributed by atoms with E-state index in [4.69, 9.17) is 4.74 Å². The van der Waals surface area contributed by atoms with Crippen LogP contribution in [0.1, 0.15) is 26.3 Å². The van der Waals surface area contributed by atoms with Crippen molar-refractivity contribution in [1.29, 1.82) is 0 Å². The Bertz CT molecular complexity index is 653. The molecule has 0 saturated carbocycles. The Morgan fingerprint density at radius 1 is 1.30 bits per heavy atom. The van der Waals surface area contributed by atoms with Crippen molar-refractivity contribution >= 4 is 17.6 Å². The minimum Gasteiger partial charge on any atom is -0.383 e. The molecule has 0 fully saturated rings. The van der Waals surface area contributed by atoms with E-state index in [2.05, 4.69) is 15.6 Å². The molecule has 0 radical (unpaired) electrons. The van der Waals surface area contributed by atoms with E-state index in [9.17, 15) is 14.9 Å². The number of hydrogen-bond donors (Lipinski definition) is 2. The first-order valence-electron chi connectivity index (χ1n) is 8.65. The second-order valence-electron chi connectivity index (χ2n) is 7.14. The average molecular weight is 379 g/mol. The van der Waals surface area contributed by atoms with E-state index in [0.717, 1.165) is 5.56 Å². The van der Waals surface area contributed by atoms with Gasteiger partial charge in [0.05, 0.1) is 24.6 Å². The standard InChI is InChI=1S/C18H29N5O4/c1-18(2,3)21-16(24)13-22(4)17(19-10-11-27-5)20-12-14-6-8-15(9-7-14)23(25)26/h6-9H,10-13H2,1-5H3,(H,19,20)(H,21,24). The van der Waals surface area contributed by atoms with E-state index >= 15 is 0 Å². The van der Waals surface area contributed by atoms with Crippen LogP contribution in [0.2, 0.25) is 0 Å². The second kappa shape index (κ2) is 10.5. The Balaban J connectivity index is 2.80.